The summed E-state index contributed by atoms with van der Waals surface area (Å²) in [4.78, 5) is 16.3. The molecule has 1 amide bonds. The van der Waals surface area contributed by atoms with E-state index in [9.17, 15) is 4.79 Å². The average Bonchev–Trinajstić information content (AvgIpc) is 2.93. The van der Waals surface area contributed by atoms with Crippen LogP contribution >= 0.6 is 0 Å². The first-order chi connectivity index (χ1) is 12.3. The van der Waals surface area contributed by atoms with Gasteiger partial charge in [-0.05, 0) is 36.2 Å². The van der Waals surface area contributed by atoms with Crippen LogP contribution in [0, 0.1) is 11.3 Å². The van der Waals surface area contributed by atoms with Crippen LogP contribution in [0.15, 0.2) is 54.6 Å². The van der Waals surface area contributed by atoms with Gasteiger partial charge in [-0.1, -0.05) is 30.3 Å². The maximum Gasteiger partial charge on any atom is 0.410 e. The highest BCUT2D eigenvalue weighted by Gasteiger charge is 2.20. The molecular formula is C20H21N3O2. The third-order valence-electron chi connectivity index (χ3n) is 4.32. The Balaban J connectivity index is 1.53. The van der Waals surface area contributed by atoms with Crippen LogP contribution in [0.3, 0.4) is 0 Å². The third-order valence-corrected chi connectivity index (χ3v) is 4.32. The number of rotatable bonds is 3. The van der Waals surface area contributed by atoms with Crippen LogP contribution in [0.5, 0.6) is 0 Å². The van der Waals surface area contributed by atoms with Gasteiger partial charge in [-0.15, -0.1) is 0 Å². The molecule has 25 heavy (non-hydrogen) atoms. The van der Waals surface area contributed by atoms with Crippen molar-refractivity contribution in [2.75, 3.05) is 31.1 Å². The van der Waals surface area contributed by atoms with E-state index < -0.39 is 0 Å². The Morgan fingerprint density at radius 2 is 1.76 bits per heavy atom. The first-order valence-electron chi connectivity index (χ1n) is 8.47. The summed E-state index contributed by atoms with van der Waals surface area (Å²) in [5, 5.41) is 8.89. The second-order valence-corrected chi connectivity index (χ2v) is 6.03. The largest absolute Gasteiger partial charge is 0.445 e. The molecule has 128 valence electrons. The molecule has 1 aliphatic rings. The van der Waals surface area contributed by atoms with Gasteiger partial charge >= 0.3 is 6.09 Å². The lowest BCUT2D eigenvalue weighted by Crippen LogP contribution is -2.35. The summed E-state index contributed by atoms with van der Waals surface area (Å²) in [5.41, 5.74) is 2.73. The molecule has 3 rings (SSSR count). The van der Waals surface area contributed by atoms with Crippen LogP contribution in [0.1, 0.15) is 17.5 Å². The summed E-state index contributed by atoms with van der Waals surface area (Å²) < 4.78 is 5.43. The molecule has 0 radical (unpaired) electrons. The maximum absolute atomic E-state index is 12.3. The van der Waals surface area contributed by atoms with E-state index in [4.69, 9.17) is 10.00 Å². The Morgan fingerprint density at radius 1 is 1.00 bits per heavy atom. The second kappa shape index (κ2) is 8.20. The summed E-state index contributed by atoms with van der Waals surface area (Å²) in [5.74, 6) is 0. The highest BCUT2D eigenvalue weighted by Crippen LogP contribution is 2.17. The quantitative estimate of drug-likeness (QED) is 0.862. The number of carbonyl (C=O) groups excluding carboxylic acids is 1. The topological polar surface area (TPSA) is 56.6 Å². The Morgan fingerprint density at radius 3 is 2.48 bits per heavy atom. The van der Waals surface area contributed by atoms with Crippen molar-refractivity contribution in [1.82, 2.24) is 4.90 Å². The smallest absolute Gasteiger partial charge is 0.410 e. The summed E-state index contributed by atoms with van der Waals surface area (Å²) in [6.45, 7) is 3.27. The van der Waals surface area contributed by atoms with Crippen molar-refractivity contribution in [3.8, 4) is 6.07 Å². The van der Waals surface area contributed by atoms with Crippen molar-refractivity contribution in [3.05, 3.63) is 65.7 Å². The zero-order valence-corrected chi connectivity index (χ0v) is 14.1. The van der Waals surface area contributed by atoms with Crippen molar-refractivity contribution in [2.24, 2.45) is 0 Å². The number of hydrogen-bond donors (Lipinski definition) is 0. The monoisotopic (exact) mass is 335 g/mol. The molecule has 2 aromatic rings. The Hall–Kier alpha value is -3.00. The van der Waals surface area contributed by atoms with Crippen LogP contribution in [-0.4, -0.2) is 37.2 Å². The number of hydrogen-bond acceptors (Lipinski definition) is 4. The molecule has 0 bridgehead atoms. The van der Waals surface area contributed by atoms with Crippen LogP contribution < -0.4 is 4.90 Å². The number of nitrogens with zero attached hydrogens (tertiary/aromatic N) is 3. The second-order valence-electron chi connectivity index (χ2n) is 6.03. The lowest BCUT2D eigenvalue weighted by Gasteiger charge is -2.23. The number of anilines is 1. The van der Waals surface area contributed by atoms with Crippen LogP contribution in [-0.2, 0) is 11.3 Å². The summed E-state index contributed by atoms with van der Waals surface area (Å²) in [7, 11) is 0. The van der Waals surface area contributed by atoms with Crippen LogP contribution in [0.25, 0.3) is 0 Å². The fourth-order valence-corrected chi connectivity index (χ4v) is 2.92. The van der Waals surface area contributed by atoms with Gasteiger partial charge in [-0.2, -0.15) is 5.26 Å². The van der Waals surface area contributed by atoms with E-state index in [1.807, 2.05) is 54.6 Å². The zero-order chi connectivity index (χ0) is 17.5. The molecule has 0 aromatic heterocycles. The minimum absolute atomic E-state index is 0.259. The average molecular weight is 335 g/mol. The van der Waals surface area contributed by atoms with E-state index in [2.05, 4.69) is 11.0 Å². The Labute approximate surface area is 148 Å². The van der Waals surface area contributed by atoms with E-state index >= 15 is 0 Å². The number of nitriles is 1. The predicted molar refractivity (Wildman–Crippen MR) is 96.2 cm³/mol. The third kappa shape index (κ3) is 4.51. The fourth-order valence-electron chi connectivity index (χ4n) is 2.92. The van der Waals surface area contributed by atoms with Crippen molar-refractivity contribution < 1.29 is 9.53 Å². The van der Waals surface area contributed by atoms with Crippen molar-refractivity contribution >= 4 is 11.8 Å². The van der Waals surface area contributed by atoms with Gasteiger partial charge in [0, 0.05) is 31.9 Å². The summed E-state index contributed by atoms with van der Waals surface area (Å²) in [6, 6.07) is 19.4. The molecule has 0 atom stereocenters. The normalized spacial score (nSPS) is 14.5. The van der Waals surface area contributed by atoms with E-state index in [-0.39, 0.29) is 6.09 Å². The van der Waals surface area contributed by atoms with Gasteiger partial charge in [-0.3, -0.25) is 0 Å². The number of ether oxygens (including phenoxy) is 1. The molecule has 1 fully saturated rings. The Kier molecular flexibility index (Phi) is 5.53. The number of amides is 1. The SMILES string of the molecule is N#Cc1ccc(N2CCCN(C(=O)OCc3ccccc3)CC2)cc1. The molecule has 1 aliphatic heterocycles. The maximum atomic E-state index is 12.3. The minimum atomic E-state index is -0.259. The zero-order valence-electron chi connectivity index (χ0n) is 14.1. The van der Waals surface area contributed by atoms with Crippen molar-refractivity contribution in [2.45, 2.75) is 13.0 Å². The Bertz CT molecular complexity index is 738. The van der Waals surface area contributed by atoms with Crippen LogP contribution in [0.2, 0.25) is 0 Å². The molecule has 0 saturated carbocycles. The van der Waals surface area contributed by atoms with Gasteiger partial charge in [0.25, 0.3) is 0 Å². The molecule has 0 N–H and O–H groups in total. The van der Waals surface area contributed by atoms with Crippen molar-refractivity contribution in [1.29, 1.82) is 5.26 Å². The number of carbonyl (C=O) groups is 1. The van der Waals surface area contributed by atoms with E-state index in [1.54, 1.807) is 4.90 Å². The molecule has 2 aromatic carbocycles. The van der Waals surface area contributed by atoms with Gasteiger partial charge in [0.1, 0.15) is 6.61 Å². The molecule has 1 saturated heterocycles. The van der Waals surface area contributed by atoms with Gasteiger partial charge in [0.2, 0.25) is 0 Å². The molecule has 0 spiro atoms. The predicted octanol–water partition coefficient (Wildman–Crippen LogP) is 3.41. The first-order valence-corrected chi connectivity index (χ1v) is 8.47. The molecule has 0 aliphatic carbocycles. The standard InChI is InChI=1S/C20H21N3O2/c21-15-17-7-9-19(10-8-17)22-11-4-12-23(14-13-22)20(24)25-16-18-5-2-1-3-6-18/h1-3,5-10H,4,11-14,16H2. The van der Waals surface area contributed by atoms with Crippen LogP contribution in [0.4, 0.5) is 10.5 Å². The van der Waals surface area contributed by atoms with Gasteiger partial charge in [0.15, 0.2) is 0 Å². The van der Waals surface area contributed by atoms with Gasteiger partial charge in [-0.25, -0.2) is 4.79 Å². The van der Waals surface area contributed by atoms with E-state index in [0.29, 0.717) is 25.3 Å². The van der Waals surface area contributed by atoms with E-state index in [0.717, 1.165) is 30.8 Å². The molecular weight excluding hydrogens is 314 g/mol. The highest BCUT2D eigenvalue weighted by molar-refractivity contribution is 5.68. The van der Waals surface area contributed by atoms with Crippen molar-refractivity contribution in [3.63, 3.8) is 0 Å². The first kappa shape index (κ1) is 16.8. The fraction of sp³-hybridized carbons (Fsp3) is 0.300. The van der Waals surface area contributed by atoms with Gasteiger partial charge < -0.3 is 14.5 Å². The highest BCUT2D eigenvalue weighted by atomic mass is 16.6. The summed E-state index contributed by atoms with van der Waals surface area (Å²) in [6.07, 6.45) is 0.631. The van der Waals surface area contributed by atoms with E-state index in [1.165, 1.54) is 0 Å². The lowest BCUT2D eigenvalue weighted by molar-refractivity contribution is 0.0986. The molecule has 5 heteroatoms. The molecule has 5 nitrogen and oxygen atoms in total. The lowest BCUT2D eigenvalue weighted by atomic mass is 10.2. The minimum Gasteiger partial charge on any atom is -0.445 e. The summed E-state index contributed by atoms with van der Waals surface area (Å²) >= 11 is 0. The molecule has 0 unspecified atom stereocenters. The molecule has 1 heterocycles. The van der Waals surface area contributed by atoms with Gasteiger partial charge in [0.05, 0.1) is 11.6 Å². The number of benzene rings is 2.